The van der Waals surface area contributed by atoms with Gasteiger partial charge in [0.25, 0.3) is 11.5 Å². The minimum absolute atomic E-state index is 0.0235. The van der Waals surface area contributed by atoms with Crippen LogP contribution in [-0.4, -0.2) is 36.2 Å². The van der Waals surface area contributed by atoms with Crippen LogP contribution in [0.1, 0.15) is 21.9 Å². The Bertz CT molecular complexity index is 1410. The number of amides is 1. The van der Waals surface area contributed by atoms with Gasteiger partial charge < -0.3 is 14.3 Å². The first-order valence-electron chi connectivity index (χ1n) is 9.69. The van der Waals surface area contributed by atoms with Crippen molar-refractivity contribution in [3.63, 3.8) is 0 Å². The molecule has 0 saturated heterocycles. The second kappa shape index (κ2) is 8.77. The number of hydrogen-bond donors (Lipinski definition) is 2. The molecule has 4 rings (SSSR count). The van der Waals surface area contributed by atoms with Crippen molar-refractivity contribution in [3.05, 3.63) is 94.4 Å². The van der Waals surface area contributed by atoms with Crippen LogP contribution in [0.3, 0.4) is 0 Å². The molecular formula is C22H20N4O5S. The van der Waals surface area contributed by atoms with Crippen LogP contribution in [0.2, 0.25) is 0 Å². The van der Waals surface area contributed by atoms with Gasteiger partial charge in [0.05, 0.1) is 35.2 Å². The second-order valence-corrected chi connectivity index (χ2v) is 8.89. The molecule has 2 N–H and O–H groups in total. The van der Waals surface area contributed by atoms with Crippen molar-refractivity contribution in [2.24, 2.45) is 0 Å². The Morgan fingerprint density at radius 1 is 1.09 bits per heavy atom. The van der Waals surface area contributed by atoms with Crippen LogP contribution in [-0.2, 0) is 23.1 Å². The first-order valence-corrected chi connectivity index (χ1v) is 11.2. The predicted octanol–water partition coefficient (Wildman–Crippen LogP) is 2.27. The number of fused-ring (bicyclic) bond motifs is 1. The van der Waals surface area contributed by atoms with E-state index in [1.165, 1.54) is 35.4 Å². The van der Waals surface area contributed by atoms with Crippen LogP contribution in [0.5, 0.6) is 0 Å². The summed E-state index contributed by atoms with van der Waals surface area (Å²) < 4.78 is 32.4. The minimum Gasteiger partial charge on any atom is -0.468 e. The summed E-state index contributed by atoms with van der Waals surface area (Å²) >= 11 is 0. The second-order valence-electron chi connectivity index (χ2n) is 7.12. The minimum atomic E-state index is -3.76. The molecule has 0 aliphatic carbocycles. The number of furan rings is 1. The lowest BCUT2D eigenvalue weighted by molar-refractivity contribution is 0.0781. The number of nitrogens with zero attached hydrogens (tertiary/aromatic N) is 2. The lowest BCUT2D eigenvalue weighted by atomic mass is 10.2. The Morgan fingerprint density at radius 3 is 2.56 bits per heavy atom. The van der Waals surface area contributed by atoms with Gasteiger partial charge in [0, 0.05) is 12.6 Å². The molecule has 0 aliphatic rings. The summed E-state index contributed by atoms with van der Waals surface area (Å²) in [5, 5.41) is 0.475. The van der Waals surface area contributed by atoms with Crippen molar-refractivity contribution in [1.82, 2.24) is 19.6 Å². The summed E-state index contributed by atoms with van der Waals surface area (Å²) in [6.07, 6.45) is 1.46. The zero-order valence-electron chi connectivity index (χ0n) is 17.1. The fourth-order valence-corrected chi connectivity index (χ4v) is 4.16. The van der Waals surface area contributed by atoms with Gasteiger partial charge in [-0.1, -0.05) is 12.1 Å². The van der Waals surface area contributed by atoms with Crippen molar-refractivity contribution in [3.8, 4) is 0 Å². The summed E-state index contributed by atoms with van der Waals surface area (Å²) in [6, 6.07) is 15.9. The predicted molar refractivity (Wildman–Crippen MR) is 117 cm³/mol. The first-order chi connectivity index (χ1) is 15.3. The highest BCUT2D eigenvalue weighted by Gasteiger charge is 2.18. The Kier molecular flexibility index (Phi) is 5.89. The maximum absolute atomic E-state index is 12.8. The van der Waals surface area contributed by atoms with E-state index in [9.17, 15) is 18.0 Å². The third-order valence-corrected chi connectivity index (χ3v) is 6.24. The number of carbonyl (C=O) groups is 1. The third kappa shape index (κ3) is 4.61. The molecule has 1 amide bonds. The lowest BCUT2D eigenvalue weighted by Gasteiger charge is -2.17. The van der Waals surface area contributed by atoms with Crippen LogP contribution in [0, 0.1) is 0 Å². The Labute approximate surface area is 183 Å². The van der Waals surface area contributed by atoms with Crippen molar-refractivity contribution in [1.29, 1.82) is 0 Å². The van der Waals surface area contributed by atoms with Gasteiger partial charge in [0.1, 0.15) is 11.6 Å². The largest absolute Gasteiger partial charge is 0.468 e. The molecule has 2 aromatic heterocycles. The van der Waals surface area contributed by atoms with Crippen LogP contribution in [0.15, 0.2) is 81.0 Å². The number of aromatic amines is 1. The molecule has 164 valence electrons. The summed E-state index contributed by atoms with van der Waals surface area (Å²) in [5.74, 6) is 0.501. The Balaban J connectivity index is 1.45. The monoisotopic (exact) mass is 452 g/mol. The van der Waals surface area contributed by atoms with Gasteiger partial charge in [-0.3, -0.25) is 9.59 Å². The number of H-pyrrole nitrogens is 1. The van der Waals surface area contributed by atoms with Gasteiger partial charge in [-0.05, 0) is 48.5 Å². The van der Waals surface area contributed by atoms with E-state index < -0.39 is 10.0 Å². The van der Waals surface area contributed by atoms with Crippen molar-refractivity contribution >= 4 is 26.8 Å². The maximum atomic E-state index is 12.8. The molecule has 0 spiro atoms. The number of rotatable bonds is 7. The molecule has 9 nitrogen and oxygen atoms in total. The van der Waals surface area contributed by atoms with Gasteiger partial charge in [0.2, 0.25) is 10.0 Å². The number of aromatic nitrogens is 2. The molecule has 0 fully saturated rings. The standard InChI is InChI=1S/C22H20N4O5S/c1-26(14-20-24-19-7-3-2-6-18(19)21(27)25-20)22(28)15-8-10-17(11-9-15)32(29,30)23-13-16-5-4-12-31-16/h2-12,23H,13-14H2,1H3,(H,24,25,27). The molecule has 0 bridgehead atoms. The average Bonchev–Trinajstić information content (AvgIpc) is 3.31. The molecule has 0 radical (unpaired) electrons. The zero-order valence-corrected chi connectivity index (χ0v) is 17.9. The molecule has 4 aromatic rings. The van der Waals surface area contributed by atoms with E-state index in [1.54, 1.807) is 43.4 Å². The fraction of sp³-hybridized carbons (Fsp3) is 0.136. The quantitative estimate of drug-likeness (QED) is 0.443. The number of hydrogen-bond acceptors (Lipinski definition) is 6. The van der Waals surface area contributed by atoms with E-state index in [0.717, 1.165) is 0 Å². The van der Waals surface area contributed by atoms with Crippen LogP contribution < -0.4 is 10.3 Å². The van der Waals surface area contributed by atoms with E-state index in [0.29, 0.717) is 28.1 Å². The highest BCUT2D eigenvalue weighted by molar-refractivity contribution is 7.89. The van der Waals surface area contributed by atoms with E-state index in [2.05, 4.69) is 14.7 Å². The highest BCUT2D eigenvalue weighted by Crippen LogP contribution is 2.14. The normalized spacial score (nSPS) is 11.5. The number of benzene rings is 2. The topological polar surface area (TPSA) is 125 Å². The van der Waals surface area contributed by atoms with Crippen molar-refractivity contribution < 1.29 is 17.6 Å². The third-order valence-electron chi connectivity index (χ3n) is 4.82. The average molecular weight is 452 g/mol. The van der Waals surface area contributed by atoms with Crippen LogP contribution >= 0.6 is 0 Å². The molecule has 10 heteroatoms. The SMILES string of the molecule is CN(Cc1nc2ccccc2c(=O)[nH]1)C(=O)c1ccc(S(=O)(=O)NCc2ccco2)cc1. The number of carbonyl (C=O) groups excluding carboxylic acids is 1. The van der Waals surface area contributed by atoms with E-state index in [-0.39, 0.29) is 29.5 Å². The Morgan fingerprint density at radius 2 is 1.84 bits per heavy atom. The fourth-order valence-electron chi connectivity index (χ4n) is 3.17. The van der Waals surface area contributed by atoms with Crippen molar-refractivity contribution in [2.75, 3.05) is 7.05 Å². The first kappa shape index (κ1) is 21.5. The molecule has 2 aromatic carbocycles. The summed E-state index contributed by atoms with van der Waals surface area (Å²) in [5.41, 5.74) is 0.576. The number of para-hydroxylation sites is 1. The zero-order chi connectivity index (χ0) is 22.7. The molecule has 0 atom stereocenters. The number of sulfonamides is 1. The van der Waals surface area contributed by atoms with E-state index >= 15 is 0 Å². The molecule has 0 unspecified atom stereocenters. The summed E-state index contributed by atoms with van der Waals surface area (Å²) in [4.78, 5) is 33.5. The molecular weight excluding hydrogens is 432 g/mol. The van der Waals surface area contributed by atoms with E-state index in [1.807, 2.05) is 0 Å². The smallest absolute Gasteiger partial charge is 0.258 e. The van der Waals surface area contributed by atoms with Gasteiger partial charge in [-0.2, -0.15) is 0 Å². The highest BCUT2D eigenvalue weighted by atomic mass is 32.2. The molecule has 32 heavy (non-hydrogen) atoms. The lowest BCUT2D eigenvalue weighted by Crippen LogP contribution is -2.28. The van der Waals surface area contributed by atoms with Crippen LogP contribution in [0.4, 0.5) is 0 Å². The van der Waals surface area contributed by atoms with Crippen LogP contribution in [0.25, 0.3) is 10.9 Å². The maximum Gasteiger partial charge on any atom is 0.258 e. The molecule has 0 saturated carbocycles. The molecule has 0 aliphatic heterocycles. The molecule has 2 heterocycles. The Hall–Kier alpha value is -3.76. The summed E-state index contributed by atoms with van der Waals surface area (Å²) in [6.45, 7) is 0.110. The number of nitrogens with one attached hydrogen (secondary N) is 2. The van der Waals surface area contributed by atoms with Gasteiger partial charge in [-0.25, -0.2) is 18.1 Å². The van der Waals surface area contributed by atoms with E-state index in [4.69, 9.17) is 4.42 Å². The van der Waals surface area contributed by atoms with Crippen molar-refractivity contribution in [2.45, 2.75) is 18.0 Å². The summed E-state index contributed by atoms with van der Waals surface area (Å²) in [7, 11) is -2.18. The van der Waals surface area contributed by atoms with Gasteiger partial charge in [0.15, 0.2) is 0 Å². The van der Waals surface area contributed by atoms with Gasteiger partial charge in [-0.15, -0.1) is 0 Å². The van der Waals surface area contributed by atoms with Gasteiger partial charge >= 0.3 is 0 Å².